The molecule has 1 aliphatic heterocycles. The Balaban J connectivity index is 2.19. The maximum absolute atomic E-state index is 5.39. The monoisotopic (exact) mass is 228 g/mol. The molecular formula is C13H28N2O. The molecule has 0 amide bonds. The van der Waals surface area contributed by atoms with Gasteiger partial charge in [0, 0.05) is 26.3 Å². The van der Waals surface area contributed by atoms with Gasteiger partial charge in [0.15, 0.2) is 0 Å². The molecule has 1 fully saturated rings. The average Bonchev–Trinajstić information content (AvgIpc) is 2.29. The zero-order chi connectivity index (χ0) is 11.8. The molecule has 1 unspecified atom stereocenters. The molecule has 0 aliphatic carbocycles. The average molecular weight is 228 g/mol. The SMILES string of the molecule is CCC(CNC)CN(C)CC1CCOCC1. The van der Waals surface area contributed by atoms with Crippen LogP contribution in [0.15, 0.2) is 0 Å². The highest BCUT2D eigenvalue weighted by atomic mass is 16.5. The van der Waals surface area contributed by atoms with Crippen LogP contribution in [0.3, 0.4) is 0 Å². The first-order valence-corrected chi connectivity index (χ1v) is 6.67. The summed E-state index contributed by atoms with van der Waals surface area (Å²) >= 11 is 0. The maximum atomic E-state index is 5.39. The minimum atomic E-state index is 0.787. The van der Waals surface area contributed by atoms with Crippen LogP contribution < -0.4 is 5.32 Å². The number of hydrogen-bond donors (Lipinski definition) is 1. The number of nitrogens with one attached hydrogen (secondary N) is 1. The zero-order valence-corrected chi connectivity index (χ0v) is 11.2. The predicted molar refractivity (Wildman–Crippen MR) is 68.7 cm³/mol. The molecule has 1 aliphatic rings. The molecule has 3 heteroatoms. The van der Waals surface area contributed by atoms with Gasteiger partial charge in [-0.15, -0.1) is 0 Å². The summed E-state index contributed by atoms with van der Waals surface area (Å²) in [5.41, 5.74) is 0. The van der Waals surface area contributed by atoms with Crippen molar-refractivity contribution in [2.45, 2.75) is 26.2 Å². The van der Waals surface area contributed by atoms with E-state index in [-0.39, 0.29) is 0 Å². The third-order valence-corrected chi connectivity index (χ3v) is 3.55. The van der Waals surface area contributed by atoms with Gasteiger partial charge in [-0.2, -0.15) is 0 Å². The smallest absolute Gasteiger partial charge is 0.0469 e. The highest BCUT2D eigenvalue weighted by Gasteiger charge is 2.17. The van der Waals surface area contributed by atoms with Gasteiger partial charge in [0.05, 0.1) is 0 Å². The van der Waals surface area contributed by atoms with Gasteiger partial charge in [0.25, 0.3) is 0 Å². The van der Waals surface area contributed by atoms with Crippen LogP contribution in [0.2, 0.25) is 0 Å². The molecule has 1 saturated heterocycles. The van der Waals surface area contributed by atoms with E-state index in [1.54, 1.807) is 0 Å². The van der Waals surface area contributed by atoms with Crippen molar-refractivity contribution in [2.24, 2.45) is 11.8 Å². The van der Waals surface area contributed by atoms with Gasteiger partial charge in [-0.3, -0.25) is 0 Å². The van der Waals surface area contributed by atoms with E-state index in [1.807, 2.05) is 7.05 Å². The van der Waals surface area contributed by atoms with Crippen molar-refractivity contribution >= 4 is 0 Å². The quantitative estimate of drug-likeness (QED) is 0.716. The van der Waals surface area contributed by atoms with Crippen LogP contribution in [0.1, 0.15) is 26.2 Å². The number of rotatable bonds is 7. The molecule has 1 N–H and O–H groups in total. The maximum Gasteiger partial charge on any atom is 0.0469 e. The fourth-order valence-electron chi connectivity index (χ4n) is 2.51. The second kappa shape index (κ2) is 8.04. The van der Waals surface area contributed by atoms with Gasteiger partial charge in [0.1, 0.15) is 0 Å². The van der Waals surface area contributed by atoms with Crippen LogP contribution in [0.4, 0.5) is 0 Å². The molecule has 1 heterocycles. The molecule has 0 radical (unpaired) electrons. The fourth-order valence-corrected chi connectivity index (χ4v) is 2.51. The van der Waals surface area contributed by atoms with Crippen molar-refractivity contribution in [1.29, 1.82) is 0 Å². The zero-order valence-electron chi connectivity index (χ0n) is 11.2. The highest BCUT2D eigenvalue weighted by Crippen LogP contribution is 2.16. The summed E-state index contributed by atoms with van der Waals surface area (Å²) in [5.74, 6) is 1.64. The van der Waals surface area contributed by atoms with Crippen LogP contribution >= 0.6 is 0 Å². The Kier molecular flexibility index (Phi) is 7.01. The van der Waals surface area contributed by atoms with Crippen LogP contribution in [-0.4, -0.2) is 51.8 Å². The predicted octanol–water partition coefficient (Wildman–Crippen LogP) is 1.59. The molecule has 96 valence electrons. The van der Waals surface area contributed by atoms with E-state index >= 15 is 0 Å². The van der Waals surface area contributed by atoms with Crippen molar-refractivity contribution in [2.75, 3.05) is 46.9 Å². The van der Waals surface area contributed by atoms with E-state index in [1.165, 1.54) is 32.4 Å². The normalized spacial score (nSPS) is 20.2. The van der Waals surface area contributed by atoms with E-state index in [4.69, 9.17) is 4.74 Å². The molecular weight excluding hydrogens is 200 g/mol. The summed E-state index contributed by atoms with van der Waals surface area (Å²) in [6, 6.07) is 0. The summed E-state index contributed by atoms with van der Waals surface area (Å²) < 4.78 is 5.39. The van der Waals surface area contributed by atoms with Gasteiger partial charge in [-0.1, -0.05) is 13.3 Å². The molecule has 0 bridgehead atoms. The number of nitrogens with zero attached hydrogens (tertiary/aromatic N) is 1. The van der Waals surface area contributed by atoms with Crippen LogP contribution in [0, 0.1) is 11.8 Å². The molecule has 0 aromatic carbocycles. The van der Waals surface area contributed by atoms with Crippen molar-refractivity contribution in [3.05, 3.63) is 0 Å². The van der Waals surface area contributed by atoms with E-state index in [0.29, 0.717) is 0 Å². The molecule has 3 nitrogen and oxygen atoms in total. The van der Waals surface area contributed by atoms with E-state index in [2.05, 4.69) is 24.2 Å². The van der Waals surface area contributed by atoms with Crippen molar-refractivity contribution in [3.63, 3.8) is 0 Å². The lowest BCUT2D eigenvalue weighted by atomic mass is 9.99. The lowest BCUT2D eigenvalue weighted by Crippen LogP contribution is -2.35. The van der Waals surface area contributed by atoms with Gasteiger partial charge in [-0.05, 0) is 45.3 Å². The summed E-state index contributed by atoms with van der Waals surface area (Å²) in [6.07, 6.45) is 3.75. The molecule has 0 aromatic heterocycles. The van der Waals surface area contributed by atoms with Gasteiger partial charge in [-0.25, -0.2) is 0 Å². The molecule has 0 spiro atoms. The van der Waals surface area contributed by atoms with Gasteiger partial charge < -0.3 is 15.0 Å². The number of ether oxygens (including phenoxy) is 1. The summed E-state index contributed by atoms with van der Waals surface area (Å²) in [4.78, 5) is 2.50. The Hall–Kier alpha value is -0.120. The van der Waals surface area contributed by atoms with Crippen molar-refractivity contribution in [1.82, 2.24) is 10.2 Å². The standard InChI is InChI=1S/C13H28N2O/c1-4-12(9-14-2)10-15(3)11-13-5-7-16-8-6-13/h12-14H,4-11H2,1-3H3. The van der Waals surface area contributed by atoms with E-state index in [0.717, 1.165) is 31.6 Å². The summed E-state index contributed by atoms with van der Waals surface area (Å²) in [6.45, 7) is 7.80. The van der Waals surface area contributed by atoms with Crippen LogP contribution in [0.5, 0.6) is 0 Å². The topological polar surface area (TPSA) is 24.5 Å². The lowest BCUT2D eigenvalue weighted by molar-refractivity contribution is 0.0539. The van der Waals surface area contributed by atoms with E-state index in [9.17, 15) is 0 Å². The number of hydrogen-bond acceptors (Lipinski definition) is 3. The Bertz CT molecular complexity index is 163. The summed E-state index contributed by atoms with van der Waals surface area (Å²) in [5, 5.41) is 3.28. The second-order valence-corrected chi connectivity index (χ2v) is 5.11. The van der Waals surface area contributed by atoms with Gasteiger partial charge >= 0.3 is 0 Å². The molecule has 0 aromatic rings. The fraction of sp³-hybridized carbons (Fsp3) is 1.00. The first-order chi connectivity index (χ1) is 7.76. The first-order valence-electron chi connectivity index (χ1n) is 6.67. The van der Waals surface area contributed by atoms with Crippen molar-refractivity contribution < 1.29 is 4.74 Å². The van der Waals surface area contributed by atoms with Crippen molar-refractivity contribution in [3.8, 4) is 0 Å². The largest absolute Gasteiger partial charge is 0.381 e. The summed E-state index contributed by atoms with van der Waals surface area (Å²) in [7, 11) is 4.30. The third kappa shape index (κ3) is 5.28. The van der Waals surface area contributed by atoms with Crippen LogP contribution in [0.25, 0.3) is 0 Å². The Labute approximate surface area is 101 Å². The Morgan fingerprint density at radius 3 is 2.62 bits per heavy atom. The van der Waals surface area contributed by atoms with Crippen LogP contribution in [-0.2, 0) is 4.74 Å². The van der Waals surface area contributed by atoms with E-state index < -0.39 is 0 Å². The minimum absolute atomic E-state index is 0.787. The second-order valence-electron chi connectivity index (χ2n) is 5.11. The highest BCUT2D eigenvalue weighted by molar-refractivity contribution is 4.70. The molecule has 16 heavy (non-hydrogen) atoms. The minimum Gasteiger partial charge on any atom is -0.381 e. The Morgan fingerprint density at radius 2 is 2.06 bits per heavy atom. The Morgan fingerprint density at radius 1 is 1.38 bits per heavy atom. The first kappa shape index (κ1) is 13.9. The molecule has 1 atom stereocenters. The molecule has 0 saturated carbocycles. The lowest BCUT2D eigenvalue weighted by Gasteiger charge is -2.29. The van der Waals surface area contributed by atoms with Gasteiger partial charge in [0.2, 0.25) is 0 Å². The molecule has 1 rings (SSSR count). The third-order valence-electron chi connectivity index (χ3n) is 3.55.